The second-order valence-electron chi connectivity index (χ2n) is 7.11. The third kappa shape index (κ3) is 6.50. The molecule has 180 valence electrons. The molecule has 1 N–H and O–H groups in total. The molecule has 0 saturated carbocycles. The zero-order valence-corrected chi connectivity index (χ0v) is 22.2. The number of para-hydroxylation sites is 1. The molecule has 3 atom stereocenters. The summed E-state index contributed by atoms with van der Waals surface area (Å²) in [5.74, 6) is -1.93. The van der Waals surface area contributed by atoms with Crippen LogP contribution >= 0.6 is 67.7 Å². The van der Waals surface area contributed by atoms with Gasteiger partial charge in [0.1, 0.15) is 24.4 Å². The highest BCUT2D eigenvalue weighted by atomic mass is 35.6. The topological polar surface area (TPSA) is 112 Å². The molecule has 1 aliphatic heterocycles. The number of hydrogen-bond acceptors (Lipinski definition) is 9. The molecular weight excluding hydrogens is 563 g/mol. The van der Waals surface area contributed by atoms with Crippen LogP contribution in [-0.4, -0.2) is 55.5 Å². The van der Waals surface area contributed by atoms with Gasteiger partial charge in [-0.15, -0.1) is 11.3 Å². The van der Waals surface area contributed by atoms with Crippen LogP contribution in [0.3, 0.4) is 0 Å². The third-order valence-corrected chi connectivity index (χ3v) is 8.83. The molecule has 2 heterocycles. The minimum atomic E-state index is -1.82. The smallest absolute Gasteiger partial charge is 0.333 e. The van der Waals surface area contributed by atoms with Crippen molar-refractivity contribution < 1.29 is 19.1 Å². The van der Waals surface area contributed by atoms with E-state index in [1.165, 1.54) is 37.8 Å². The molecule has 2 amide bonds. The number of β-lactam (4-membered cyclic amide) rings is 1. The first-order valence-electron chi connectivity index (χ1n) is 9.58. The second kappa shape index (κ2) is 11.4. The predicted octanol–water partition coefficient (Wildman–Crippen LogP) is 4.46. The van der Waals surface area contributed by atoms with E-state index in [1.54, 1.807) is 13.0 Å². The highest BCUT2D eigenvalue weighted by molar-refractivity contribution is 8.77. The third-order valence-electron chi connectivity index (χ3n) is 4.47. The van der Waals surface area contributed by atoms with Crippen molar-refractivity contribution >= 4 is 95.7 Å². The fourth-order valence-electron chi connectivity index (χ4n) is 3.05. The van der Waals surface area contributed by atoms with E-state index in [0.717, 1.165) is 14.6 Å². The van der Waals surface area contributed by atoms with Crippen molar-refractivity contribution in [2.45, 2.75) is 38.9 Å². The molecule has 3 unspecified atom stereocenters. The van der Waals surface area contributed by atoms with Crippen LogP contribution in [0, 0.1) is 11.3 Å². The molecule has 8 nitrogen and oxygen atoms in total. The monoisotopic (exact) mass is 578 g/mol. The second-order valence-corrected chi connectivity index (χ2v) is 13.2. The van der Waals surface area contributed by atoms with Crippen molar-refractivity contribution in [2.75, 3.05) is 6.61 Å². The van der Waals surface area contributed by atoms with Gasteiger partial charge in [-0.2, -0.15) is 5.26 Å². The first-order valence-corrected chi connectivity index (χ1v) is 13.7. The molecule has 14 heteroatoms. The Labute approximate surface area is 222 Å². The van der Waals surface area contributed by atoms with Crippen molar-refractivity contribution in [3.63, 3.8) is 0 Å². The van der Waals surface area contributed by atoms with E-state index >= 15 is 0 Å². The fourth-order valence-corrected chi connectivity index (χ4v) is 7.18. The molecule has 1 aliphatic rings. The standard InChI is InChI=1S/C20H17Cl3N4O4S3/c1-10(2)15(18(30)31-9-20(21,22)23)27-16(29)14(26-13(28)7-8-24)17(27)33-34-19-25-11-5-3-4-6-12(11)32-19/h3-6,14-15,17H,1,7,9H2,2H3,(H,26,28). The maximum absolute atomic E-state index is 13.0. The van der Waals surface area contributed by atoms with Gasteiger partial charge in [0.05, 0.1) is 16.3 Å². The summed E-state index contributed by atoms with van der Waals surface area (Å²) in [6, 6.07) is 7.28. The van der Waals surface area contributed by atoms with Crippen LogP contribution in [-0.2, 0) is 19.1 Å². The van der Waals surface area contributed by atoms with E-state index in [-0.39, 0.29) is 0 Å². The fraction of sp³-hybridized carbons (Fsp3) is 0.350. The van der Waals surface area contributed by atoms with Gasteiger partial charge in [0, 0.05) is 0 Å². The zero-order chi connectivity index (χ0) is 25.0. The van der Waals surface area contributed by atoms with Crippen LogP contribution in [0.4, 0.5) is 0 Å². The first-order chi connectivity index (χ1) is 16.0. The molecule has 34 heavy (non-hydrogen) atoms. The number of aromatic nitrogens is 1. The van der Waals surface area contributed by atoms with Crippen LogP contribution in [0.5, 0.6) is 0 Å². The summed E-state index contributed by atoms with van der Waals surface area (Å²) in [7, 11) is 2.55. The number of thiazole rings is 1. The van der Waals surface area contributed by atoms with E-state index in [4.69, 9.17) is 44.8 Å². The number of ether oxygens (including phenoxy) is 1. The maximum Gasteiger partial charge on any atom is 0.333 e. The number of esters is 1. The van der Waals surface area contributed by atoms with Crippen LogP contribution in [0.1, 0.15) is 13.3 Å². The lowest BCUT2D eigenvalue weighted by molar-refractivity contribution is -0.162. The van der Waals surface area contributed by atoms with Crippen LogP contribution in [0.2, 0.25) is 0 Å². The average Bonchev–Trinajstić information content (AvgIpc) is 3.18. The number of nitriles is 1. The molecule has 0 aliphatic carbocycles. The van der Waals surface area contributed by atoms with Gasteiger partial charge in [0.25, 0.3) is 0 Å². The molecule has 1 aromatic heterocycles. The van der Waals surface area contributed by atoms with E-state index in [2.05, 4.69) is 16.9 Å². The Morgan fingerprint density at radius 3 is 2.74 bits per heavy atom. The Balaban J connectivity index is 1.81. The highest BCUT2D eigenvalue weighted by Crippen LogP contribution is 2.45. The average molecular weight is 580 g/mol. The first kappa shape index (κ1) is 26.9. The summed E-state index contributed by atoms with van der Waals surface area (Å²) in [5, 5.41) is 10.7. The zero-order valence-electron chi connectivity index (χ0n) is 17.5. The Morgan fingerprint density at radius 2 is 2.12 bits per heavy atom. The number of rotatable bonds is 9. The number of carbonyl (C=O) groups is 3. The van der Waals surface area contributed by atoms with Gasteiger partial charge in [-0.05, 0) is 35.4 Å². The Morgan fingerprint density at radius 1 is 1.41 bits per heavy atom. The number of nitrogens with zero attached hydrogens (tertiary/aromatic N) is 3. The number of likely N-dealkylation sites (tertiary alicyclic amines) is 1. The summed E-state index contributed by atoms with van der Waals surface area (Å²) in [6.45, 7) is 4.86. The number of carbonyl (C=O) groups excluding carboxylic acids is 3. The summed E-state index contributed by atoms with van der Waals surface area (Å²) in [4.78, 5) is 43.6. The minimum Gasteiger partial charge on any atom is -0.459 e. The lowest BCUT2D eigenvalue weighted by atomic mass is 9.99. The van der Waals surface area contributed by atoms with Gasteiger partial charge >= 0.3 is 5.97 Å². The van der Waals surface area contributed by atoms with Crippen LogP contribution in [0.25, 0.3) is 10.2 Å². The molecule has 1 aromatic carbocycles. The lowest BCUT2D eigenvalue weighted by Crippen LogP contribution is -2.72. The maximum atomic E-state index is 13.0. The summed E-state index contributed by atoms with van der Waals surface area (Å²) in [6.07, 6.45) is -0.401. The summed E-state index contributed by atoms with van der Waals surface area (Å²) in [5.41, 5.74) is 1.17. The number of hydrogen-bond donors (Lipinski definition) is 1. The Hall–Kier alpha value is -1.68. The molecule has 0 spiro atoms. The number of fused-ring (bicyclic) bond motifs is 1. The molecule has 0 radical (unpaired) electrons. The van der Waals surface area contributed by atoms with Crippen LogP contribution in [0.15, 0.2) is 40.8 Å². The predicted molar refractivity (Wildman–Crippen MR) is 136 cm³/mol. The van der Waals surface area contributed by atoms with Gasteiger partial charge < -0.3 is 15.0 Å². The van der Waals surface area contributed by atoms with Gasteiger partial charge in [0.2, 0.25) is 15.6 Å². The number of benzene rings is 1. The van der Waals surface area contributed by atoms with Gasteiger partial charge in [0.15, 0.2) is 10.4 Å². The van der Waals surface area contributed by atoms with Crippen molar-refractivity contribution in [3.05, 3.63) is 36.4 Å². The number of nitrogens with one attached hydrogen (secondary N) is 1. The molecule has 1 fully saturated rings. The van der Waals surface area contributed by atoms with Gasteiger partial charge in [-0.25, -0.2) is 9.78 Å². The number of halogens is 3. The Bertz CT molecular complexity index is 1130. The van der Waals surface area contributed by atoms with Crippen molar-refractivity contribution in [2.24, 2.45) is 0 Å². The Kier molecular flexibility index (Phi) is 9.00. The normalized spacial score (nSPS) is 18.7. The minimum absolute atomic E-state index is 0.333. The molecule has 1 saturated heterocycles. The van der Waals surface area contributed by atoms with Crippen molar-refractivity contribution in [1.82, 2.24) is 15.2 Å². The number of amides is 2. The van der Waals surface area contributed by atoms with E-state index < -0.39 is 52.1 Å². The van der Waals surface area contributed by atoms with Gasteiger partial charge in [-0.1, -0.05) is 64.3 Å². The summed E-state index contributed by atoms with van der Waals surface area (Å²) < 4.78 is 5.01. The largest absolute Gasteiger partial charge is 0.459 e. The lowest BCUT2D eigenvalue weighted by Gasteiger charge is -2.49. The van der Waals surface area contributed by atoms with E-state index in [0.29, 0.717) is 5.57 Å². The van der Waals surface area contributed by atoms with Gasteiger partial charge in [-0.3, -0.25) is 9.59 Å². The van der Waals surface area contributed by atoms with E-state index in [1.807, 2.05) is 24.3 Å². The van der Waals surface area contributed by atoms with E-state index in [9.17, 15) is 14.4 Å². The highest BCUT2D eigenvalue weighted by Gasteiger charge is 2.54. The summed E-state index contributed by atoms with van der Waals surface area (Å²) >= 11 is 18.5. The van der Waals surface area contributed by atoms with Crippen molar-refractivity contribution in [3.8, 4) is 6.07 Å². The SMILES string of the molecule is C=C(C)C(C(=O)OCC(Cl)(Cl)Cl)N1C(=O)C(NC(=O)CC#N)C1SSc1nc2ccccc2s1. The van der Waals surface area contributed by atoms with Crippen LogP contribution < -0.4 is 5.32 Å². The van der Waals surface area contributed by atoms with Crippen molar-refractivity contribution in [1.29, 1.82) is 5.26 Å². The number of alkyl halides is 3. The molecular formula is C20H17Cl3N4O4S3. The molecule has 0 bridgehead atoms. The molecule has 2 aromatic rings. The molecule has 3 rings (SSSR count). The quantitative estimate of drug-likeness (QED) is 0.152.